The molecule has 0 aromatic carbocycles. The molecule has 1 rings (SSSR count). The molecule has 0 saturated heterocycles. The summed E-state index contributed by atoms with van der Waals surface area (Å²) < 4.78 is 0. The molecule has 2 radical (unpaired) electrons. The van der Waals surface area contributed by atoms with Crippen LogP contribution in [-0.2, 0) is 0 Å². The third-order valence-electron chi connectivity index (χ3n) is 1.41. The maximum atomic E-state index is 5.55. The van der Waals surface area contributed by atoms with Crippen molar-refractivity contribution < 1.29 is 0 Å². The van der Waals surface area contributed by atoms with Crippen LogP contribution in [0.5, 0.6) is 0 Å². The summed E-state index contributed by atoms with van der Waals surface area (Å²) in [4.78, 5) is 8.34. The van der Waals surface area contributed by atoms with Crippen molar-refractivity contribution in [2.24, 2.45) is 0 Å². The number of nitrogens with zero attached hydrogens (tertiary/aromatic N) is 2. The standard InChI is InChI=1S/C8H11BN2/c1-5(2)8-10-6(3)4-7(9)11-8/h4-5H,1-3H3. The molecule has 0 N–H and O–H groups in total. The Morgan fingerprint density at radius 2 is 2.00 bits per heavy atom. The van der Waals surface area contributed by atoms with Crippen molar-refractivity contribution in [1.29, 1.82) is 0 Å². The molecule has 0 aliphatic heterocycles. The van der Waals surface area contributed by atoms with Gasteiger partial charge in [-0.1, -0.05) is 13.8 Å². The molecule has 0 unspecified atom stereocenters. The van der Waals surface area contributed by atoms with Crippen LogP contribution >= 0.6 is 0 Å². The van der Waals surface area contributed by atoms with Gasteiger partial charge in [0, 0.05) is 11.6 Å². The van der Waals surface area contributed by atoms with E-state index in [2.05, 4.69) is 9.97 Å². The third-order valence-corrected chi connectivity index (χ3v) is 1.41. The summed E-state index contributed by atoms with van der Waals surface area (Å²) in [5, 5.41) is 0. The average Bonchev–Trinajstić information content (AvgIpc) is 1.85. The Balaban J connectivity index is 3.08. The fourth-order valence-electron chi connectivity index (χ4n) is 0.875. The van der Waals surface area contributed by atoms with Gasteiger partial charge in [-0.3, -0.25) is 0 Å². The van der Waals surface area contributed by atoms with Crippen LogP contribution in [0.3, 0.4) is 0 Å². The van der Waals surface area contributed by atoms with E-state index < -0.39 is 0 Å². The predicted molar refractivity (Wildman–Crippen MR) is 46.2 cm³/mol. The van der Waals surface area contributed by atoms with Crippen LogP contribution in [0.15, 0.2) is 6.07 Å². The summed E-state index contributed by atoms with van der Waals surface area (Å²) >= 11 is 0. The van der Waals surface area contributed by atoms with Gasteiger partial charge < -0.3 is 0 Å². The fraction of sp³-hybridized carbons (Fsp3) is 0.500. The highest BCUT2D eigenvalue weighted by Gasteiger charge is 2.02. The van der Waals surface area contributed by atoms with Gasteiger partial charge in [-0.05, 0) is 18.6 Å². The summed E-state index contributed by atoms with van der Waals surface area (Å²) in [5.41, 5.74) is 1.49. The van der Waals surface area contributed by atoms with E-state index in [0.717, 1.165) is 11.5 Å². The lowest BCUT2D eigenvalue weighted by Crippen LogP contribution is -2.14. The number of aromatic nitrogens is 2. The third kappa shape index (κ3) is 2.04. The zero-order valence-electron chi connectivity index (χ0n) is 7.13. The maximum Gasteiger partial charge on any atom is 0.141 e. The minimum Gasteiger partial charge on any atom is -0.249 e. The van der Waals surface area contributed by atoms with E-state index in [-0.39, 0.29) is 0 Å². The van der Waals surface area contributed by atoms with Gasteiger partial charge in [-0.25, -0.2) is 9.97 Å². The molecule has 0 saturated carbocycles. The van der Waals surface area contributed by atoms with Crippen LogP contribution in [0.2, 0.25) is 0 Å². The quantitative estimate of drug-likeness (QED) is 0.545. The van der Waals surface area contributed by atoms with E-state index in [4.69, 9.17) is 7.85 Å². The molecule has 0 bridgehead atoms. The van der Waals surface area contributed by atoms with Gasteiger partial charge in [0.1, 0.15) is 13.7 Å². The topological polar surface area (TPSA) is 25.8 Å². The first kappa shape index (κ1) is 8.24. The van der Waals surface area contributed by atoms with Crippen molar-refractivity contribution in [2.75, 3.05) is 0 Å². The van der Waals surface area contributed by atoms with Crippen molar-refractivity contribution in [3.63, 3.8) is 0 Å². The Morgan fingerprint density at radius 1 is 1.36 bits per heavy atom. The highest BCUT2D eigenvalue weighted by Crippen LogP contribution is 2.06. The SMILES string of the molecule is [B]c1cc(C)nc(C(C)C)n1. The minimum absolute atomic E-state index is 0.345. The predicted octanol–water partition coefficient (Wildman–Crippen LogP) is 0.702. The van der Waals surface area contributed by atoms with E-state index >= 15 is 0 Å². The first-order valence-corrected chi connectivity index (χ1v) is 3.70. The molecule has 0 aliphatic carbocycles. The molecule has 0 atom stereocenters. The molecule has 0 fully saturated rings. The molecule has 3 heteroatoms. The maximum absolute atomic E-state index is 5.55. The average molecular weight is 146 g/mol. The molecule has 1 heterocycles. The Bertz CT molecular complexity index is 238. The summed E-state index contributed by atoms with van der Waals surface area (Å²) in [6.07, 6.45) is 0. The second-order valence-corrected chi connectivity index (χ2v) is 2.95. The van der Waals surface area contributed by atoms with Crippen molar-refractivity contribution >= 4 is 13.4 Å². The summed E-state index contributed by atoms with van der Waals surface area (Å²) in [6, 6.07) is 1.77. The molecular weight excluding hydrogens is 135 g/mol. The number of aryl methyl sites for hydroxylation is 1. The van der Waals surface area contributed by atoms with E-state index in [1.165, 1.54) is 0 Å². The second kappa shape index (κ2) is 3.03. The molecule has 0 spiro atoms. The molecule has 2 nitrogen and oxygen atoms in total. The Morgan fingerprint density at radius 3 is 2.45 bits per heavy atom. The minimum atomic E-state index is 0.345. The van der Waals surface area contributed by atoms with Gasteiger partial charge in [-0.2, -0.15) is 0 Å². The Labute approximate surface area is 68.5 Å². The number of hydrogen-bond acceptors (Lipinski definition) is 2. The molecular formula is C8H11BN2. The fourth-order valence-corrected chi connectivity index (χ4v) is 0.875. The summed E-state index contributed by atoms with van der Waals surface area (Å²) in [5.74, 6) is 1.17. The molecule has 1 aromatic rings. The zero-order valence-corrected chi connectivity index (χ0v) is 7.13. The Hall–Kier alpha value is -0.855. The first-order valence-electron chi connectivity index (χ1n) is 3.70. The van der Waals surface area contributed by atoms with E-state index in [0.29, 0.717) is 11.5 Å². The lowest BCUT2D eigenvalue weighted by molar-refractivity contribution is 0.772. The zero-order chi connectivity index (χ0) is 8.43. The van der Waals surface area contributed by atoms with Crippen LogP contribution in [0, 0.1) is 6.92 Å². The van der Waals surface area contributed by atoms with E-state index in [1.54, 1.807) is 6.07 Å². The largest absolute Gasteiger partial charge is 0.249 e. The molecule has 0 aliphatic rings. The molecule has 56 valence electrons. The molecule has 0 amide bonds. The van der Waals surface area contributed by atoms with Crippen LogP contribution in [0.25, 0.3) is 0 Å². The van der Waals surface area contributed by atoms with Crippen LogP contribution < -0.4 is 5.59 Å². The van der Waals surface area contributed by atoms with Gasteiger partial charge in [0.15, 0.2) is 0 Å². The monoisotopic (exact) mass is 146 g/mol. The highest BCUT2D eigenvalue weighted by atomic mass is 14.9. The van der Waals surface area contributed by atoms with Crippen molar-refractivity contribution in [2.45, 2.75) is 26.7 Å². The van der Waals surface area contributed by atoms with Crippen molar-refractivity contribution in [1.82, 2.24) is 9.97 Å². The highest BCUT2D eigenvalue weighted by molar-refractivity contribution is 6.30. The van der Waals surface area contributed by atoms with E-state index in [9.17, 15) is 0 Å². The Kier molecular flexibility index (Phi) is 2.27. The normalized spacial score (nSPS) is 10.5. The molecule has 1 aromatic heterocycles. The van der Waals surface area contributed by atoms with Crippen LogP contribution in [0.1, 0.15) is 31.3 Å². The van der Waals surface area contributed by atoms with Gasteiger partial charge >= 0.3 is 0 Å². The van der Waals surface area contributed by atoms with Crippen molar-refractivity contribution in [3.8, 4) is 0 Å². The van der Waals surface area contributed by atoms with Crippen LogP contribution in [0.4, 0.5) is 0 Å². The van der Waals surface area contributed by atoms with Crippen LogP contribution in [-0.4, -0.2) is 17.8 Å². The van der Waals surface area contributed by atoms with Gasteiger partial charge in [0.05, 0.1) is 0 Å². The first-order chi connectivity index (χ1) is 5.09. The number of hydrogen-bond donors (Lipinski definition) is 0. The summed E-state index contributed by atoms with van der Waals surface area (Å²) in [7, 11) is 5.55. The smallest absolute Gasteiger partial charge is 0.141 e. The lowest BCUT2D eigenvalue weighted by atomic mass is 10.0. The van der Waals surface area contributed by atoms with E-state index in [1.807, 2.05) is 20.8 Å². The molecule has 11 heavy (non-hydrogen) atoms. The van der Waals surface area contributed by atoms with Gasteiger partial charge in [0.2, 0.25) is 0 Å². The second-order valence-electron chi connectivity index (χ2n) is 2.95. The lowest BCUT2D eigenvalue weighted by Gasteiger charge is -2.05. The van der Waals surface area contributed by atoms with Gasteiger partial charge in [-0.15, -0.1) is 0 Å². The number of rotatable bonds is 1. The summed E-state index contributed by atoms with van der Waals surface area (Å²) in [6.45, 7) is 6.02. The van der Waals surface area contributed by atoms with Gasteiger partial charge in [0.25, 0.3) is 0 Å². The van der Waals surface area contributed by atoms with Crippen molar-refractivity contribution in [3.05, 3.63) is 17.6 Å².